The van der Waals surface area contributed by atoms with Gasteiger partial charge in [0.15, 0.2) is 0 Å². The molecule has 1 aliphatic rings. The van der Waals surface area contributed by atoms with Crippen LogP contribution in [0.1, 0.15) is 38.1 Å². The van der Waals surface area contributed by atoms with Gasteiger partial charge in [0.25, 0.3) is 5.89 Å². The van der Waals surface area contributed by atoms with Crippen LogP contribution < -0.4 is 4.31 Å². The molecule has 1 saturated heterocycles. The summed E-state index contributed by atoms with van der Waals surface area (Å²) in [5.41, 5.74) is 2.38. The lowest BCUT2D eigenvalue weighted by atomic mass is 10.1. The fraction of sp³-hybridized carbons (Fsp3) is 0.462. The molecule has 7 nitrogen and oxygen atoms in total. The summed E-state index contributed by atoms with van der Waals surface area (Å²) in [6.45, 7) is 7.93. The van der Waals surface area contributed by atoms with Gasteiger partial charge in [-0.2, -0.15) is 8.78 Å². The molecule has 10 heteroatoms. The summed E-state index contributed by atoms with van der Waals surface area (Å²) in [5, 5.41) is 7.08. The van der Waals surface area contributed by atoms with E-state index in [1.165, 1.54) is 0 Å². The Kier molecular flexibility index (Phi) is 8.81. The van der Waals surface area contributed by atoms with Crippen LogP contribution in [0.5, 0.6) is 0 Å². The van der Waals surface area contributed by atoms with Crippen molar-refractivity contribution in [2.24, 2.45) is 0 Å². The topological polar surface area (TPSA) is 65.7 Å². The van der Waals surface area contributed by atoms with Gasteiger partial charge in [0.2, 0.25) is 5.89 Å². The molecule has 0 N–H and O–H groups in total. The fourth-order valence-corrected chi connectivity index (χ4v) is 5.70. The van der Waals surface area contributed by atoms with Gasteiger partial charge in [0.1, 0.15) is 11.0 Å². The highest BCUT2D eigenvalue weighted by atomic mass is 32.2. The van der Waals surface area contributed by atoms with E-state index in [-0.39, 0.29) is 5.89 Å². The number of anilines is 1. The van der Waals surface area contributed by atoms with Crippen molar-refractivity contribution in [2.75, 3.05) is 36.7 Å². The molecule has 194 valence electrons. The zero-order chi connectivity index (χ0) is 25.7. The number of hydrogen-bond donors (Lipinski definition) is 0. The monoisotopic (exact) mass is 517 g/mol. The Balaban J connectivity index is 1.40. The van der Waals surface area contributed by atoms with E-state index in [9.17, 15) is 13.0 Å². The van der Waals surface area contributed by atoms with E-state index in [4.69, 9.17) is 4.42 Å². The first-order valence-electron chi connectivity index (χ1n) is 12.2. The molecule has 4 rings (SSSR count). The van der Waals surface area contributed by atoms with Crippen LogP contribution in [-0.2, 0) is 17.5 Å². The Hall–Kier alpha value is -2.69. The van der Waals surface area contributed by atoms with Crippen LogP contribution in [0.25, 0.3) is 11.5 Å². The zero-order valence-corrected chi connectivity index (χ0v) is 21.7. The van der Waals surface area contributed by atoms with Crippen molar-refractivity contribution in [3.63, 3.8) is 0 Å². The molecule has 0 spiro atoms. The third kappa shape index (κ3) is 6.54. The minimum atomic E-state index is -2.80. The number of hydrogen-bond acceptors (Lipinski definition) is 6. The van der Waals surface area contributed by atoms with Gasteiger partial charge in [-0.3, -0.25) is 9.21 Å². The number of benzene rings is 2. The molecule has 3 aromatic rings. The maximum absolute atomic E-state index is 13.4. The summed E-state index contributed by atoms with van der Waals surface area (Å²) in [4.78, 5) is 4.88. The largest absolute Gasteiger partial charge is 0.415 e. The summed E-state index contributed by atoms with van der Waals surface area (Å²) in [7, 11) is 0.966. The van der Waals surface area contributed by atoms with Crippen LogP contribution >= 0.6 is 0 Å². The standard InChI is InChI=1S/C26H33F2N5O2S/c1-19-16-32(17-20(2)31(19)3)14-7-15-36(34)33(23-8-5-4-6-9-23)18-21-10-12-22(13-11-21)25-29-30-26(35-25)24(27)28/h4-6,8-13,19-20,24H,7,14-18H2,1-3H3. The molecule has 3 unspecified atom stereocenters. The van der Waals surface area contributed by atoms with Crippen molar-refractivity contribution < 1.29 is 17.4 Å². The zero-order valence-electron chi connectivity index (χ0n) is 20.9. The van der Waals surface area contributed by atoms with Crippen LogP contribution in [0.2, 0.25) is 0 Å². The third-order valence-corrected chi connectivity index (χ3v) is 8.14. The number of para-hydroxylation sites is 1. The predicted octanol–water partition coefficient (Wildman–Crippen LogP) is 4.76. The molecule has 1 aromatic heterocycles. The Morgan fingerprint density at radius 2 is 1.72 bits per heavy atom. The molecule has 0 aliphatic carbocycles. The Labute approximate surface area is 213 Å². The second-order valence-corrected chi connectivity index (χ2v) is 10.8. The highest BCUT2D eigenvalue weighted by molar-refractivity contribution is 7.86. The van der Waals surface area contributed by atoms with Crippen molar-refractivity contribution in [3.8, 4) is 11.5 Å². The maximum Gasteiger partial charge on any atom is 0.314 e. The van der Waals surface area contributed by atoms with Crippen LogP contribution in [0.15, 0.2) is 59.0 Å². The number of nitrogens with zero attached hydrogens (tertiary/aromatic N) is 5. The van der Waals surface area contributed by atoms with E-state index in [1.807, 2.05) is 46.8 Å². The third-order valence-electron chi connectivity index (χ3n) is 6.67. The van der Waals surface area contributed by atoms with Gasteiger partial charge in [-0.1, -0.05) is 30.3 Å². The lowest BCUT2D eigenvalue weighted by molar-refractivity contribution is 0.0604. The second-order valence-electron chi connectivity index (χ2n) is 9.32. The highest BCUT2D eigenvalue weighted by Gasteiger charge is 2.26. The number of halogens is 2. The predicted molar refractivity (Wildman–Crippen MR) is 138 cm³/mol. The smallest absolute Gasteiger partial charge is 0.314 e. The molecule has 1 fully saturated rings. The first kappa shape index (κ1) is 26.4. The Morgan fingerprint density at radius 1 is 1.06 bits per heavy atom. The second kappa shape index (κ2) is 12.0. The fourth-order valence-electron chi connectivity index (χ4n) is 4.45. The number of alkyl halides is 2. The van der Waals surface area contributed by atoms with Crippen LogP contribution in [0.3, 0.4) is 0 Å². The lowest BCUT2D eigenvalue weighted by Crippen LogP contribution is -2.55. The van der Waals surface area contributed by atoms with Crippen molar-refractivity contribution in [1.82, 2.24) is 20.0 Å². The average molecular weight is 518 g/mol. The Morgan fingerprint density at radius 3 is 2.33 bits per heavy atom. The molecule has 36 heavy (non-hydrogen) atoms. The molecule has 1 aliphatic heterocycles. The van der Waals surface area contributed by atoms with Gasteiger partial charge in [-0.25, -0.2) is 4.21 Å². The van der Waals surface area contributed by atoms with E-state index in [2.05, 4.69) is 40.9 Å². The molecule has 0 amide bonds. The van der Waals surface area contributed by atoms with Crippen molar-refractivity contribution in [3.05, 3.63) is 66.1 Å². The van der Waals surface area contributed by atoms with Crippen LogP contribution in [0.4, 0.5) is 14.5 Å². The van der Waals surface area contributed by atoms with Gasteiger partial charge in [-0.05, 0) is 63.7 Å². The van der Waals surface area contributed by atoms with E-state index in [1.54, 1.807) is 12.1 Å². The summed E-state index contributed by atoms with van der Waals surface area (Å²) in [6.07, 6.45) is -1.95. The molecular formula is C26H33F2N5O2S. The summed E-state index contributed by atoms with van der Waals surface area (Å²) < 4.78 is 45.9. The molecule has 3 atom stereocenters. The number of likely N-dealkylation sites (N-methyl/N-ethyl adjacent to an activating group) is 1. The van der Waals surface area contributed by atoms with E-state index in [0.29, 0.717) is 29.9 Å². The van der Waals surface area contributed by atoms with Crippen LogP contribution in [0, 0.1) is 0 Å². The van der Waals surface area contributed by atoms with E-state index in [0.717, 1.165) is 37.3 Å². The number of piperazine rings is 1. The Bertz CT molecular complexity index is 1120. The van der Waals surface area contributed by atoms with E-state index >= 15 is 0 Å². The molecule has 0 radical (unpaired) electrons. The minimum absolute atomic E-state index is 0.0490. The lowest BCUT2D eigenvalue weighted by Gasteiger charge is -2.42. The average Bonchev–Trinajstić information content (AvgIpc) is 3.37. The summed E-state index contributed by atoms with van der Waals surface area (Å²) in [6, 6.07) is 18.0. The molecule has 2 aromatic carbocycles. The summed E-state index contributed by atoms with van der Waals surface area (Å²) in [5.74, 6) is -0.0754. The molecular weight excluding hydrogens is 484 g/mol. The highest BCUT2D eigenvalue weighted by Crippen LogP contribution is 2.25. The SMILES string of the molecule is CC1CN(CCCS(=O)N(Cc2ccc(-c3nnc(C(F)F)o3)cc2)c2ccccc2)CC(C)N1C. The number of rotatable bonds is 10. The molecule has 0 bridgehead atoms. The van der Waals surface area contributed by atoms with E-state index < -0.39 is 23.3 Å². The first-order valence-corrected chi connectivity index (χ1v) is 13.5. The van der Waals surface area contributed by atoms with Gasteiger partial charge in [-0.15, -0.1) is 10.2 Å². The normalized spacial score (nSPS) is 20.1. The van der Waals surface area contributed by atoms with Crippen LogP contribution in [-0.4, -0.2) is 68.7 Å². The van der Waals surface area contributed by atoms with Gasteiger partial charge >= 0.3 is 6.43 Å². The molecule has 2 heterocycles. The minimum Gasteiger partial charge on any atom is -0.415 e. The first-order chi connectivity index (χ1) is 17.3. The van der Waals surface area contributed by atoms with Crippen molar-refractivity contribution >= 4 is 16.7 Å². The van der Waals surface area contributed by atoms with Gasteiger partial charge < -0.3 is 9.32 Å². The summed E-state index contributed by atoms with van der Waals surface area (Å²) >= 11 is 0. The maximum atomic E-state index is 13.4. The van der Waals surface area contributed by atoms with Gasteiger partial charge in [0.05, 0.1) is 6.54 Å². The van der Waals surface area contributed by atoms with Gasteiger partial charge in [0, 0.05) is 42.2 Å². The molecule has 0 saturated carbocycles. The van der Waals surface area contributed by atoms with Crippen molar-refractivity contribution in [2.45, 2.75) is 45.3 Å². The van der Waals surface area contributed by atoms with Crippen molar-refractivity contribution in [1.29, 1.82) is 0 Å². The quantitative estimate of drug-likeness (QED) is 0.386. The number of aromatic nitrogens is 2.